The van der Waals surface area contributed by atoms with E-state index in [1.54, 1.807) is 0 Å². The second kappa shape index (κ2) is 11.5. The molecule has 0 saturated heterocycles. The van der Waals surface area contributed by atoms with Crippen LogP contribution in [0.4, 0.5) is 4.79 Å². The van der Waals surface area contributed by atoms with Gasteiger partial charge in [-0.05, 0) is 42.0 Å². The molecular formula is C26H32N2O5. The second-order valence-electron chi connectivity index (χ2n) is 8.56. The van der Waals surface area contributed by atoms with E-state index in [2.05, 4.69) is 34.9 Å². The van der Waals surface area contributed by atoms with Crippen LogP contribution in [0.15, 0.2) is 48.5 Å². The number of hydrogen-bond donors (Lipinski definition) is 3. The second-order valence-corrected chi connectivity index (χ2v) is 8.56. The molecule has 2 atom stereocenters. The molecule has 1 aliphatic rings. The molecule has 2 unspecified atom stereocenters. The molecule has 1 aliphatic carbocycles. The zero-order valence-corrected chi connectivity index (χ0v) is 19.2. The molecule has 3 rings (SSSR count). The van der Waals surface area contributed by atoms with Gasteiger partial charge in [-0.3, -0.25) is 9.59 Å². The first-order valence-corrected chi connectivity index (χ1v) is 11.5. The summed E-state index contributed by atoms with van der Waals surface area (Å²) in [6.45, 7) is 4.00. The maximum Gasteiger partial charge on any atom is 0.407 e. The third kappa shape index (κ3) is 6.57. The lowest BCUT2D eigenvalue weighted by atomic mass is 9.98. The normalized spacial score (nSPS) is 14.0. The van der Waals surface area contributed by atoms with Crippen molar-refractivity contribution in [2.45, 2.75) is 64.0 Å². The predicted octanol–water partition coefficient (Wildman–Crippen LogP) is 4.45. The van der Waals surface area contributed by atoms with Gasteiger partial charge in [-0.1, -0.05) is 61.9 Å². The van der Waals surface area contributed by atoms with Crippen LogP contribution in [-0.4, -0.2) is 41.8 Å². The summed E-state index contributed by atoms with van der Waals surface area (Å²) >= 11 is 0. The Balaban J connectivity index is 1.46. The zero-order valence-electron chi connectivity index (χ0n) is 19.2. The molecule has 0 aromatic heterocycles. The van der Waals surface area contributed by atoms with Crippen LogP contribution in [0.5, 0.6) is 0 Å². The Bertz CT molecular complexity index is 945. The van der Waals surface area contributed by atoms with Crippen LogP contribution < -0.4 is 10.6 Å². The fourth-order valence-corrected chi connectivity index (χ4v) is 4.35. The summed E-state index contributed by atoms with van der Waals surface area (Å²) in [5, 5.41) is 14.5. The van der Waals surface area contributed by atoms with Crippen molar-refractivity contribution in [3.63, 3.8) is 0 Å². The lowest BCUT2D eigenvalue weighted by Gasteiger charge is -2.18. The number of carbonyl (C=O) groups is 3. The highest BCUT2D eigenvalue weighted by atomic mass is 16.5. The monoisotopic (exact) mass is 452 g/mol. The summed E-state index contributed by atoms with van der Waals surface area (Å²) in [5.41, 5.74) is 4.65. The fraction of sp³-hybridized carbons (Fsp3) is 0.423. The van der Waals surface area contributed by atoms with E-state index in [1.807, 2.05) is 38.1 Å². The van der Waals surface area contributed by atoms with Crippen LogP contribution in [0.25, 0.3) is 11.1 Å². The van der Waals surface area contributed by atoms with Gasteiger partial charge in [0, 0.05) is 24.4 Å². The average Bonchev–Trinajstić information content (AvgIpc) is 3.10. The number of carbonyl (C=O) groups excluding carboxylic acids is 2. The van der Waals surface area contributed by atoms with Gasteiger partial charge in [0.25, 0.3) is 0 Å². The molecular weight excluding hydrogens is 420 g/mol. The van der Waals surface area contributed by atoms with Gasteiger partial charge in [-0.2, -0.15) is 0 Å². The van der Waals surface area contributed by atoms with Crippen molar-refractivity contribution in [1.82, 2.24) is 10.6 Å². The SMILES string of the molecule is CCCC(CC(=O)O)NC(=O)CCC(C)NC(=O)OCC1c2ccccc2-c2ccccc21. The molecule has 2 amide bonds. The van der Waals surface area contributed by atoms with E-state index < -0.39 is 12.1 Å². The number of nitrogens with one attached hydrogen (secondary N) is 2. The van der Waals surface area contributed by atoms with Crippen molar-refractivity contribution in [3.05, 3.63) is 59.7 Å². The standard InChI is InChI=1S/C26H32N2O5/c1-3-8-18(15-25(30)31)28-24(29)14-13-17(2)27-26(32)33-16-23-21-11-6-4-9-19(21)20-10-5-7-12-22(20)23/h4-7,9-12,17-18,23H,3,8,13-16H2,1-2H3,(H,27,32)(H,28,29)(H,30,31). The largest absolute Gasteiger partial charge is 0.481 e. The molecule has 0 spiro atoms. The number of ether oxygens (including phenoxy) is 1. The van der Waals surface area contributed by atoms with Gasteiger partial charge >= 0.3 is 12.1 Å². The third-order valence-corrected chi connectivity index (χ3v) is 5.94. The van der Waals surface area contributed by atoms with Crippen LogP contribution in [0.3, 0.4) is 0 Å². The van der Waals surface area contributed by atoms with Crippen LogP contribution in [-0.2, 0) is 14.3 Å². The molecule has 0 aliphatic heterocycles. The summed E-state index contributed by atoms with van der Waals surface area (Å²) in [6, 6.07) is 15.7. The molecule has 0 saturated carbocycles. The lowest BCUT2D eigenvalue weighted by Crippen LogP contribution is -2.38. The highest BCUT2D eigenvalue weighted by Gasteiger charge is 2.29. The Morgan fingerprint density at radius 2 is 1.58 bits per heavy atom. The minimum atomic E-state index is -0.931. The van der Waals surface area contributed by atoms with Gasteiger partial charge in [-0.15, -0.1) is 0 Å². The van der Waals surface area contributed by atoms with Crippen molar-refractivity contribution in [2.24, 2.45) is 0 Å². The molecule has 33 heavy (non-hydrogen) atoms. The molecule has 0 heterocycles. The maximum atomic E-state index is 12.4. The molecule has 0 radical (unpaired) electrons. The van der Waals surface area contributed by atoms with Gasteiger partial charge in [0.05, 0.1) is 6.42 Å². The minimum absolute atomic E-state index is 0.00559. The number of rotatable bonds is 11. The van der Waals surface area contributed by atoms with Gasteiger partial charge in [0.2, 0.25) is 5.91 Å². The highest BCUT2D eigenvalue weighted by molar-refractivity contribution is 5.79. The Morgan fingerprint density at radius 1 is 0.970 bits per heavy atom. The van der Waals surface area contributed by atoms with E-state index in [0.717, 1.165) is 17.5 Å². The smallest absolute Gasteiger partial charge is 0.407 e. The Hall–Kier alpha value is -3.35. The highest BCUT2D eigenvalue weighted by Crippen LogP contribution is 2.44. The molecule has 3 N–H and O–H groups in total. The average molecular weight is 453 g/mol. The first-order valence-electron chi connectivity index (χ1n) is 11.5. The number of amides is 2. The number of alkyl carbamates (subject to hydrolysis) is 1. The summed E-state index contributed by atoms with van der Waals surface area (Å²) < 4.78 is 5.54. The predicted molar refractivity (Wildman–Crippen MR) is 126 cm³/mol. The third-order valence-electron chi connectivity index (χ3n) is 5.94. The number of fused-ring (bicyclic) bond motifs is 3. The van der Waals surface area contributed by atoms with Gasteiger partial charge in [0.15, 0.2) is 0 Å². The number of carboxylic acids is 1. The topological polar surface area (TPSA) is 105 Å². The Kier molecular flexibility index (Phi) is 8.46. The van der Waals surface area contributed by atoms with E-state index in [1.165, 1.54) is 11.1 Å². The summed E-state index contributed by atoms with van der Waals surface area (Å²) in [5.74, 6) is -1.15. The van der Waals surface area contributed by atoms with Crippen LogP contribution in [0.1, 0.15) is 63.0 Å². The first kappa shape index (κ1) is 24.3. The van der Waals surface area contributed by atoms with Crippen molar-refractivity contribution in [2.75, 3.05) is 6.61 Å². The molecule has 0 bridgehead atoms. The molecule has 176 valence electrons. The summed E-state index contributed by atoms with van der Waals surface area (Å²) in [4.78, 5) is 35.5. The van der Waals surface area contributed by atoms with Crippen LogP contribution in [0.2, 0.25) is 0 Å². The van der Waals surface area contributed by atoms with Crippen LogP contribution >= 0.6 is 0 Å². The zero-order chi connectivity index (χ0) is 23.8. The Labute approximate surface area is 194 Å². The number of hydrogen-bond acceptors (Lipinski definition) is 4. The molecule has 7 heteroatoms. The molecule has 7 nitrogen and oxygen atoms in total. The maximum absolute atomic E-state index is 12.4. The van der Waals surface area contributed by atoms with E-state index in [-0.39, 0.29) is 43.4 Å². The van der Waals surface area contributed by atoms with Crippen molar-refractivity contribution < 1.29 is 24.2 Å². The molecule has 0 fully saturated rings. The summed E-state index contributed by atoms with van der Waals surface area (Å²) in [6.07, 6.45) is 1.43. The van der Waals surface area contributed by atoms with Crippen molar-refractivity contribution in [1.29, 1.82) is 0 Å². The van der Waals surface area contributed by atoms with Crippen molar-refractivity contribution in [3.8, 4) is 11.1 Å². The van der Waals surface area contributed by atoms with E-state index in [9.17, 15) is 14.4 Å². The number of aliphatic carboxylic acids is 1. The van der Waals surface area contributed by atoms with Gasteiger partial charge < -0.3 is 20.5 Å². The quantitative estimate of drug-likeness (QED) is 0.467. The van der Waals surface area contributed by atoms with E-state index in [0.29, 0.717) is 12.8 Å². The van der Waals surface area contributed by atoms with Gasteiger partial charge in [-0.25, -0.2) is 4.79 Å². The number of benzene rings is 2. The lowest BCUT2D eigenvalue weighted by molar-refractivity contribution is -0.137. The first-order chi connectivity index (χ1) is 15.9. The fourth-order valence-electron chi connectivity index (χ4n) is 4.35. The molecule has 2 aromatic rings. The Morgan fingerprint density at radius 3 is 2.15 bits per heavy atom. The van der Waals surface area contributed by atoms with Crippen molar-refractivity contribution >= 4 is 18.0 Å². The van der Waals surface area contributed by atoms with Crippen LogP contribution in [0, 0.1) is 0 Å². The summed E-state index contributed by atoms with van der Waals surface area (Å²) in [7, 11) is 0. The number of carboxylic acid groups (broad SMARTS) is 1. The van der Waals surface area contributed by atoms with E-state index >= 15 is 0 Å². The minimum Gasteiger partial charge on any atom is -0.481 e. The van der Waals surface area contributed by atoms with Gasteiger partial charge in [0.1, 0.15) is 6.61 Å². The molecule has 2 aromatic carbocycles. The van der Waals surface area contributed by atoms with E-state index in [4.69, 9.17) is 9.84 Å².